The summed E-state index contributed by atoms with van der Waals surface area (Å²) in [7, 11) is 1.85. The molecule has 35 heavy (non-hydrogen) atoms. The number of likely N-dealkylation sites (tertiary alicyclic amines) is 1. The Bertz CT molecular complexity index is 1010. The maximum atomic E-state index is 13.2. The molecule has 0 spiro atoms. The summed E-state index contributed by atoms with van der Waals surface area (Å²) in [6.45, 7) is 6.33. The minimum Gasteiger partial charge on any atom is -0.341 e. The first-order valence-electron chi connectivity index (χ1n) is 11.9. The Hall–Kier alpha value is -0.220. The molecule has 2 saturated heterocycles. The third-order valence-electron chi connectivity index (χ3n) is 6.94. The summed E-state index contributed by atoms with van der Waals surface area (Å²) in [5.74, 6) is 2.61. The van der Waals surface area contributed by atoms with Gasteiger partial charge in [0.05, 0.1) is 0 Å². The molecular weight excluding hydrogens is 636 g/mol. The van der Waals surface area contributed by atoms with Gasteiger partial charge in [-0.25, -0.2) is 0 Å². The van der Waals surface area contributed by atoms with Crippen LogP contribution in [0.4, 0.5) is 0 Å². The van der Waals surface area contributed by atoms with Crippen molar-refractivity contribution in [3.63, 3.8) is 0 Å². The van der Waals surface area contributed by atoms with Gasteiger partial charge in [-0.1, -0.05) is 69.5 Å². The van der Waals surface area contributed by atoms with Crippen LogP contribution in [-0.4, -0.2) is 84.5 Å². The van der Waals surface area contributed by atoms with E-state index in [9.17, 15) is 4.79 Å². The quantitative estimate of drug-likeness (QED) is 0.224. The molecule has 9 heteroatoms. The van der Waals surface area contributed by atoms with Crippen molar-refractivity contribution in [3.8, 4) is 0 Å². The lowest BCUT2D eigenvalue weighted by atomic mass is 9.93. The van der Waals surface area contributed by atoms with Gasteiger partial charge in [-0.05, 0) is 48.4 Å². The summed E-state index contributed by atoms with van der Waals surface area (Å²) in [6.07, 6.45) is 0.969. The first-order chi connectivity index (χ1) is 16.8. The van der Waals surface area contributed by atoms with E-state index in [4.69, 9.17) is 34.8 Å². The van der Waals surface area contributed by atoms with Gasteiger partial charge in [-0.3, -0.25) is 9.69 Å². The van der Waals surface area contributed by atoms with E-state index in [2.05, 4.69) is 62.4 Å². The van der Waals surface area contributed by atoms with Crippen molar-refractivity contribution in [1.29, 1.82) is 0 Å². The van der Waals surface area contributed by atoms with Gasteiger partial charge < -0.3 is 9.80 Å². The first-order valence-corrected chi connectivity index (χ1v) is 15.8. The second-order valence-corrected chi connectivity index (χ2v) is 12.6. The van der Waals surface area contributed by atoms with Crippen LogP contribution in [0.15, 0.2) is 36.4 Å². The molecule has 2 aromatic rings. The number of hydrogen-bond donors (Lipinski definition) is 0. The number of carbonyl (C=O) groups is 1. The minimum atomic E-state index is -0.0821. The van der Waals surface area contributed by atoms with E-state index in [-0.39, 0.29) is 11.8 Å². The fourth-order valence-electron chi connectivity index (χ4n) is 4.84. The summed E-state index contributed by atoms with van der Waals surface area (Å²) in [5.41, 5.74) is 2.82. The van der Waals surface area contributed by atoms with Crippen LogP contribution >= 0.6 is 69.2 Å². The molecule has 190 valence electrons. The molecule has 0 radical (unpaired) electrons. The van der Waals surface area contributed by atoms with Crippen LogP contribution in [0.5, 0.6) is 0 Å². The van der Waals surface area contributed by atoms with E-state index in [1.54, 1.807) is 23.1 Å². The zero-order valence-corrected chi connectivity index (χ0v) is 25.1. The average molecular weight is 667 g/mol. The average Bonchev–Trinajstić information content (AvgIpc) is 2.81. The van der Waals surface area contributed by atoms with Gasteiger partial charge >= 0.3 is 0 Å². The van der Waals surface area contributed by atoms with Crippen molar-refractivity contribution in [2.24, 2.45) is 0 Å². The van der Waals surface area contributed by atoms with Crippen molar-refractivity contribution in [2.75, 3.05) is 57.8 Å². The highest BCUT2D eigenvalue weighted by Crippen LogP contribution is 2.29. The number of likely N-dealkylation sites (N-methyl/N-ethyl adjacent to an activating group) is 1. The fourth-order valence-corrected chi connectivity index (χ4v) is 7.44. The number of hydrogen-bond acceptors (Lipinski definition) is 4. The second kappa shape index (κ2) is 13.0. The second-order valence-electron chi connectivity index (χ2n) is 9.38. The molecule has 0 aliphatic carbocycles. The Morgan fingerprint density at radius 1 is 1.11 bits per heavy atom. The lowest BCUT2D eigenvalue weighted by Crippen LogP contribution is -2.61. The van der Waals surface area contributed by atoms with Crippen LogP contribution in [0.1, 0.15) is 33.8 Å². The van der Waals surface area contributed by atoms with E-state index in [1.807, 2.05) is 7.05 Å². The summed E-state index contributed by atoms with van der Waals surface area (Å²) in [6, 6.07) is 12.1. The molecule has 4 nitrogen and oxygen atoms in total. The molecule has 1 unspecified atom stereocenters. The first kappa shape index (κ1) is 27.8. The number of carbonyl (C=O) groups excluding carboxylic acids is 1. The molecule has 2 fully saturated rings. The lowest BCUT2D eigenvalue weighted by Gasteiger charge is -2.47. The predicted molar refractivity (Wildman–Crippen MR) is 159 cm³/mol. The van der Waals surface area contributed by atoms with Crippen molar-refractivity contribution in [1.82, 2.24) is 14.7 Å². The van der Waals surface area contributed by atoms with Crippen LogP contribution in [0.2, 0.25) is 15.1 Å². The molecule has 2 aromatic carbocycles. The predicted octanol–water partition coefficient (Wildman–Crippen LogP) is 6.56. The highest BCUT2D eigenvalue weighted by Gasteiger charge is 2.32. The SMILES string of the molecule is CN(CC(CCN1CC(N2CCSCC2)C1)c1ccc(CI)c(Cl)c1)C(=O)c1cc(Cl)cc(Cl)c1. The third kappa shape index (κ3) is 7.43. The zero-order chi connectivity index (χ0) is 24.9. The van der Waals surface area contributed by atoms with E-state index in [1.165, 1.54) is 30.2 Å². The van der Waals surface area contributed by atoms with Gasteiger partial charge in [-0.2, -0.15) is 11.8 Å². The number of nitrogens with zero attached hydrogens (tertiary/aromatic N) is 3. The highest BCUT2D eigenvalue weighted by atomic mass is 127. The fraction of sp³-hybridized carbons (Fsp3) is 0.500. The molecule has 0 N–H and O–H groups in total. The van der Waals surface area contributed by atoms with Gasteiger partial charge in [0.15, 0.2) is 0 Å². The standard InChI is InChI=1S/C26H31Cl3IN3OS/c1-31(26(34)21-10-22(27)13-23(28)11-21)15-20(18-2-3-19(14-30)25(29)12-18)4-5-32-16-24(17-32)33-6-8-35-9-7-33/h2-3,10-13,20,24H,4-9,14-17H2,1H3. The van der Waals surface area contributed by atoms with E-state index in [0.29, 0.717) is 28.2 Å². The van der Waals surface area contributed by atoms with Gasteiger partial charge in [-0.15, -0.1) is 0 Å². The van der Waals surface area contributed by atoms with E-state index >= 15 is 0 Å². The zero-order valence-electron chi connectivity index (χ0n) is 19.9. The van der Waals surface area contributed by atoms with Crippen molar-refractivity contribution in [2.45, 2.75) is 22.8 Å². The number of alkyl halides is 1. The molecule has 2 aliphatic rings. The minimum absolute atomic E-state index is 0.0821. The maximum Gasteiger partial charge on any atom is 0.253 e. The molecule has 0 saturated carbocycles. The Balaban J connectivity index is 1.42. The Kier molecular flexibility index (Phi) is 10.4. The summed E-state index contributed by atoms with van der Waals surface area (Å²) < 4.78 is 0.875. The largest absolute Gasteiger partial charge is 0.341 e. The monoisotopic (exact) mass is 665 g/mol. The maximum absolute atomic E-state index is 13.2. The van der Waals surface area contributed by atoms with Crippen LogP contribution < -0.4 is 0 Å². The summed E-state index contributed by atoms with van der Waals surface area (Å²) in [5, 5.41) is 1.72. The molecule has 0 aromatic heterocycles. The van der Waals surface area contributed by atoms with E-state index in [0.717, 1.165) is 41.1 Å². The molecular formula is C26H31Cl3IN3OS. The molecule has 0 bridgehead atoms. The number of thioether (sulfide) groups is 1. The van der Waals surface area contributed by atoms with Crippen LogP contribution in [0.25, 0.3) is 0 Å². The topological polar surface area (TPSA) is 26.8 Å². The number of benzene rings is 2. The van der Waals surface area contributed by atoms with Crippen LogP contribution in [0.3, 0.4) is 0 Å². The molecule has 1 amide bonds. The van der Waals surface area contributed by atoms with Gasteiger partial charge in [0.1, 0.15) is 0 Å². The Labute approximate surface area is 241 Å². The Morgan fingerprint density at radius 3 is 2.43 bits per heavy atom. The molecule has 1 atom stereocenters. The van der Waals surface area contributed by atoms with Gasteiger partial charge in [0.2, 0.25) is 0 Å². The van der Waals surface area contributed by atoms with Crippen LogP contribution in [0, 0.1) is 0 Å². The number of amides is 1. The summed E-state index contributed by atoms with van der Waals surface area (Å²) >= 11 is 23.3. The lowest BCUT2D eigenvalue weighted by molar-refractivity contribution is 0.0371. The number of rotatable bonds is 9. The Morgan fingerprint density at radius 2 is 1.80 bits per heavy atom. The molecule has 2 heterocycles. The van der Waals surface area contributed by atoms with Gasteiger partial charge in [0, 0.05) is 88.3 Å². The smallest absolute Gasteiger partial charge is 0.253 e. The molecule has 2 aliphatic heterocycles. The normalized spacial score (nSPS) is 18.3. The van der Waals surface area contributed by atoms with E-state index < -0.39 is 0 Å². The highest BCUT2D eigenvalue weighted by molar-refractivity contribution is 14.1. The number of halogens is 4. The molecule has 4 rings (SSSR count). The van der Waals surface area contributed by atoms with Crippen molar-refractivity contribution >= 4 is 75.1 Å². The van der Waals surface area contributed by atoms with Crippen molar-refractivity contribution in [3.05, 3.63) is 68.2 Å². The van der Waals surface area contributed by atoms with Gasteiger partial charge in [0.25, 0.3) is 5.91 Å². The summed E-state index contributed by atoms with van der Waals surface area (Å²) in [4.78, 5) is 20.1. The third-order valence-corrected chi connectivity index (χ3v) is 9.49. The van der Waals surface area contributed by atoms with Crippen LogP contribution in [-0.2, 0) is 4.43 Å². The van der Waals surface area contributed by atoms with Crippen molar-refractivity contribution < 1.29 is 4.79 Å².